The van der Waals surface area contributed by atoms with Crippen molar-refractivity contribution >= 4 is 10.9 Å². The number of hydrogen-bond donors (Lipinski definition) is 2. The molecule has 3 aromatic rings. The van der Waals surface area contributed by atoms with Crippen LogP contribution in [0.25, 0.3) is 22.2 Å². The van der Waals surface area contributed by atoms with E-state index in [1.54, 1.807) is 11.7 Å². The van der Waals surface area contributed by atoms with Crippen LogP contribution in [0, 0.1) is 6.92 Å². The first kappa shape index (κ1) is 20.9. The van der Waals surface area contributed by atoms with E-state index in [1.807, 2.05) is 19.2 Å². The van der Waals surface area contributed by atoms with Gasteiger partial charge in [-0.1, -0.05) is 19.9 Å². The van der Waals surface area contributed by atoms with Crippen LogP contribution in [-0.4, -0.2) is 36.4 Å². The number of aryl methyl sites for hydroxylation is 1. The number of benzene rings is 1. The number of nitrogens with one attached hydrogen (secondary N) is 2. The summed E-state index contributed by atoms with van der Waals surface area (Å²) in [5, 5.41) is 4.77. The van der Waals surface area contributed by atoms with Crippen molar-refractivity contribution in [3.63, 3.8) is 0 Å². The maximum Gasteiger partial charge on any atom is 0.253 e. The molecule has 160 valence electrons. The number of H-pyrrole nitrogens is 1. The SMILES string of the molecule is COCCn1cc(-c2[nH]c3ccc(C4CCNCC4)cc3c2C(C)C)cc(C)c1=O. The molecule has 0 bridgehead atoms. The first-order valence-corrected chi connectivity index (χ1v) is 11.1. The van der Waals surface area contributed by atoms with Gasteiger partial charge < -0.3 is 19.6 Å². The molecular formula is C25H33N3O2. The summed E-state index contributed by atoms with van der Waals surface area (Å²) in [4.78, 5) is 16.2. The molecule has 30 heavy (non-hydrogen) atoms. The minimum atomic E-state index is 0.0474. The van der Waals surface area contributed by atoms with Gasteiger partial charge in [0.2, 0.25) is 0 Å². The zero-order valence-corrected chi connectivity index (χ0v) is 18.5. The smallest absolute Gasteiger partial charge is 0.253 e. The van der Waals surface area contributed by atoms with Crippen LogP contribution in [0.4, 0.5) is 0 Å². The summed E-state index contributed by atoms with van der Waals surface area (Å²) in [7, 11) is 1.66. The van der Waals surface area contributed by atoms with Crippen molar-refractivity contribution in [3.8, 4) is 11.3 Å². The first-order valence-electron chi connectivity index (χ1n) is 11.1. The lowest BCUT2D eigenvalue weighted by Crippen LogP contribution is -2.26. The summed E-state index contributed by atoms with van der Waals surface area (Å²) in [6.45, 7) is 9.66. The summed E-state index contributed by atoms with van der Waals surface area (Å²) < 4.78 is 6.96. The number of aromatic amines is 1. The second-order valence-electron chi connectivity index (χ2n) is 8.80. The fourth-order valence-electron chi connectivity index (χ4n) is 4.74. The summed E-state index contributed by atoms with van der Waals surface area (Å²) >= 11 is 0. The molecule has 0 unspecified atom stereocenters. The van der Waals surface area contributed by atoms with E-state index in [-0.39, 0.29) is 5.56 Å². The lowest BCUT2D eigenvalue weighted by molar-refractivity contribution is 0.186. The molecule has 1 aliphatic rings. The highest BCUT2D eigenvalue weighted by atomic mass is 16.5. The van der Waals surface area contributed by atoms with Crippen molar-refractivity contribution in [2.75, 3.05) is 26.8 Å². The molecule has 4 rings (SSSR count). The monoisotopic (exact) mass is 407 g/mol. The molecule has 1 saturated heterocycles. The third-order valence-corrected chi connectivity index (χ3v) is 6.34. The van der Waals surface area contributed by atoms with Crippen molar-refractivity contribution in [1.82, 2.24) is 14.9 Å². The van der Waals surface area contributed by atoms with E-state index in [2.05, 4.69) is 42.3 Å². The van der Waals surface area contributed by atoms with Crippen LogP contribution in [0.2, 0.25) is 0 Å². The van der Waals surface area contributed by atoms with E-state index in [9.17, 15) is 4.79 Å². The molecule has 0 aliphatic carbocycles. The minimum absolute atomic E-state index is 0.0474. The van der Waals surface area contributed by atoms with Gasteiger partial charge in [0.25, 0.3) is 5.56 Å². The number of hydrogen-bond acceptors (Lipinski definition) is 3. The largest absolute Gasteiger partial charge is 0.383 e. The van der Waals surface area contributed by atoms with Crippen LogP contribution in [0.5, 0.6) is 0 Å². The normalized spacial score (nSPS) is 15.4. The topological polar surface area (TPSA) is 59.0 Å². The lowest BCUT2D eigenvalue weighted by atomic mass is 9.88. The Morgan fingerprint density at radius 3 is 2.67 bits per heavy atom. The lowest BCUT2D eigenvalue weighted by Gasteiger charge is -2.23. The fourth-order valence-corrected chi connectivity index (χ4v) is 4.74. The molecule has 2 N–H and O–H groups in total. The van der Waals surface area contributed by atoms with Crippen LogP contribution < -0.4 is 10.9 Å². The zero-order chi connectivity index (χ0) is 21.3. The van der Waals surface area contributed by atoms with E-state index < -0.39 is 0 Å². The molecule has 0 spiro atoms. The molecule has 1 fully saturated rings. The first-order chi connectivity index (χ1) is 14.5. The minimum Gasteiger partial charge on any atom is -0.383 e. The molecule has 0 saturated carbocycles. The van der Waals surface area contributed by atoms with Gasteiger partial charge in [0.15, 0.2) is 0 Å². The van der Waals surface area contributed by atoms with E-state index in [1.165, 1.54) is 34.9 Å². The van der Waals surface area contributed by atoms with Crippen molar-refractivity contribution < 1.29 is 4.74 Å². The molecule has 1 aliphatic heterocycles. The average molecular weight is 408 g/mol. The molecule has 2 aromatic heterocycles. The van der Waals surface area contributed by atoms with Crippen LogP contribution in [0.15, 0.2) is 35.3 Å². The zero-order valence-electron chi connectivity index (χ0n) is 18.5. The predicted molar refractivity (Wildman–Crippen MR) is 124 cm³/mol. The van der Waals surface area contributed by atoms with Gasteiger partial charge in [0.05, 0.1) is 12.3 Å². The van der Waals surface area contributed by atoms with Gasteiger partial charge in [0, 0.05) is 41.9 Å². The van der Waals surface area contributed by atoms with Crippen LogP contribution in [0.3, 0.4) is 0 Å². The van der Waals surface area contributed by atoms with Gasteiger partial charge in [-0.2, -0.15) is 0 Å². The number of aromatic nitrogens is 2. The van der Waals surface area contributed by atoms with Gasteiger partial charge in [-0.3, -0.25) is 4.79 Å². The number of piperidine rings is 1. The predicted octanol–water partition coefficient (Wildman–Crippen LogP) is 4.54. The Kier molecular flexibility index (Phi) is 6.11. The van der Waals surface area contributed by atoms with Gasteiger partial charge in [0.1, 0.15) is 0 Å². The molecule has 0 atom stereocenters. The number of rotatable bonds is 6. The molecule has 0 amide bonds. The van der Waals surface area contributed by atoms with Crippen LogP contribution in [0.1, 0.15) is 55.2 Å². The van der Waals surface area contributed by atoms with Crippen molar-refractivity contribution in [3.05, 3.63) is 57.5 Å². The highest BCUT2D eigenvalue weighted by Gasteiger charge is 2.20. The van der Waals surface area contributed by atoms with Gasteiger partial charge in [-0.05, 0) is 74.0 Å². The Hall–Kier alpha value is -2.37. The Bertz CT molecular complexity index is 1090. The van der Waals surface area contributed by atoms with E-state index in [0.717, 1.165) is 29.9 Å². The number of pyridine rings is 1. The van der Waals surface area contributed by atoms with Gasteiger partial charge in [-0.15, -0.1) is 0 Å². The third kappa shape index (κ3) is 3.96. The number of fused-ring (bicyclic) bond motifs is 1. The second-order valence-corrected chi connectivity index (χ2v) is 8.80. The third-order valence-electron chi connectivity index (χ3n) is 6.34. The van der Waals surface area contributed by atoms with Crippen molar-refractivity contribution in [2.45, 2.75) is 52.0 Å². The van der Waals surface area contributed by atoms with E-state index >= 15 is 0 Å². The average Bonchev–Trinajstić information content (AvgIpc) is 3.14. The maximum absolute atomic E-state index is 12.6. The second kappa shape index (κ2) is 8.78. The maximum atomic E-state index is 12.6. The highest BCUT2D eigenvalue weighted by Crippen LogP contribution is 2.37. The molecule has 5 nitrogen and oxygen atoms in total. The van der Waals surface area contributed by atoms with Crippen molar-refractivity contribution in [1.29, 1.82) is 0 Å². The molecule has 0 radical (unpaired) electrons. The molecule has 1 aromatic carbocycles. The Morgan fingerprint density at radius 1 is 1.20 bits per heavy atom. The van der Waals surface area contributed by atoms with Crippen LogP contribution in [-0.2, 0) is 11.3 Å². The number of methoxy groups -OCH3 is 1. The summed E-state index contributed by atoms with van der Waals surface area (Å²) in [6.07, 6.45) is 4.37. The van der Waals surface area contributed by atoms with E-state index in [4.69, 9.17) is 4.74 Å². The Labute approximate surface area is 178 Å². The van der Waals surface area contributed by atoms with Gasteiger partial charge >= 0.3 is 0 Å². The highest BCUT2D eigenvalue weighted by molar-refractivity contribution is 5.92. The van der Waals surface area contributed by atoms with Gasteiger partial charge in [-0.25, -0.2) is 0 Å². The Morgan fingerprint density at radius 2 is 1.97 bits per heavy atom. The van der Waals surface area contributed by atoms with Crippen molar-refractivity contribution in [2.24, 2.45) is 0 Å². The standard InChI is InChI=1S/C25H33N3O2/c1-16(2)23-21-14-19(18-7-9-26-10-8-18)5-6-22(21)27-24(23)20-13-17(3)25(29)28(15-20)11-12-30-4/h5-6,13-16,18,26-27H,7-12H2,1-4H3. The molecule has 5 heteroatoms. The van der Waals surface area contributed by atoms with Crippen LogP contribution >= 0.6 is 0 Å². The number of ether oxygens (including phenoxy) is 1. The quantitative estimate of drug-likeness (QED) is 0.631. The molecule has 3 heterocycles. The summed E-state index contributed by atoms with van der Waals surface area (Å²) in [5.74, 6) is 1.00. The fraction of sp³-hybridized carbons (Fsp3) is 0.480. The molecular weight excluding hydrogens is 374 g/mol. The summed E-state index contributed by atoms with van der Waals surface area (Å²) in [5.41, 5.74) is 6.93. The Balaban J connectivity index is 1.84. The summed E-state index contributed by atoms with van der Waals surface area (Å²) in [6, 6.07) is 8.92. The number of nitrogens with zero attached hydrogens (tertiary/aromatic N) is 1. The van der Waals surface area contributed by atoms with E-state index in [0.29, 0.717) is 25.0 Å².